The number of hydrogen-bond donors (Lipinski definition) is 0. The Bertz CT molecular complexity index is 281. The van der Waals surface area contributed by atoms with Crippen LogP contribution in [0.1, 0.15) is 13.8 Å². The molecular weight excluding hydrogens is 220 g/mol. The predicted octanol–water partition coefficient (Wildman–Crippen LogP) is 1.38. The van der Waals surface area contributed by atoms with E-state index in [4.69, 9.17) is 14.2 Å². The summed E-state index contributed by atoms with van der Waals surface area (Å²) in [6.45, 7) is 5.30. The normalized spacial score (nSPS) is 10.8. The molecule has 0 aliphatic heterocycles. The summed E-state index contributed by atoms with van der Waals surface area (Å²) in [6.07, 6.45) is 0. The van der Waals surface area contributed by atoms with Gasteiger partial charge in [-0.25, -0.2) is 0 Å². The average Bonchev–Trinajstić information content (AvgIpc) is 2.31. The van der Waals surface area contributed by atoms with E-state index in [9.17, 15) is 0 Å². The second-order valence-corrected chi connectivity index (χ2v) is 4.45. The molecule has 0 atom stereocenters. The third-order valence-corrected chi connectivity index (χ3v) is 3.25. The van der Waals surface area contributed by atoms with Crippen LogP contribution in [-0.4, -0.2) is 35.8 Å². The third-order valence-electron chi connectivity index (χ3n) is 2.01. The van der Waals surface area contributed by atoms with Crippen molar-refractivity contribution >= 4 is 14.7 Å². The Balaban J connectivity index is 2.54. The fraction of sp³-hybridized carbons (Fsp3) is 0.500. The van der Waals surface area contributed by atoms with E-state index < -0.39 is 0 Å². The summed E-state index contributed by atoms with van der Waals surface area (Å²) < 4.78 is 16.1. The summed E-state index contributed by atoms with van der Waals surface area (Å²) in [6, 6.07) is 8.00. The summed E-state index contributed by atoms with van der Waals surface area (Å²) in [5, 5.41) is 1.22. The Morgan fingerprint density at radius 1 is 1.06 bits per heavy atom. The number of ether oxygens (including phenoxy) is 3. The second-order valence-electron chi connectivity index (χ2n) is 3.12. The SMILES string of the molecule is CCOC(OCC)[Si]c1ccc(OC)cc1. The van der Waals surface area contributed by atoms with Gasteiger partial charge in [0.25, 0.3) is 0 Å². The molecule has 4 heteroatoms. The van der Waals surface area contributed by atoms with Crippen molar-refractivity contribution in [2.24, 2.45) is 0 Å². The first-order valence-corrected chi connectivity index (χ1v) is 6.51. The van der Waals surface area contributed by atoms with Crippen molar-refractivity contribution in [2.45, 2.75) is 19.8 Å². The van der Waals surface area contributed by atoms with Crippen LogP contribution in [0.4, 0.5) is 0 Å². The molecule has 0 bridgehead atoms. The molecule has 88 valence electrons. The van der Waals surface area contributed by atoms with E-state index in [-0.39, 0.29) is 5.91 Å². The topological polar surface area (TPSA) is 27.7 Å². The van der Waals surface area contributed by atoms with Gasteiger partial charge in [-0.15, -0.1) is 0 Å². The highest BCUT2D eigenvalue weighted by Gasteiger charge is 2.10. The number of methoxy groups -OCH3 is 1. The lowest BCUT2D eigenvalue weighted by molar-refractivity contribution is -0.0817. The molecule has 0 saturated heterocycles. The van der Waals surface area contributed by atoms with Gasteiger partial charge in [-0.1, -0.05) is 17.3 Å². The van der Waals surface area contributed by atoms with Crippen molar-refractivity contribution in [1.29, 1.82) is 0 Å². The minimum Gasteiger partial charge on any atom is -0.497 e. The van der Waals surface area contributed by atoms with Gasteiger partial charge in [-0.05, 0) is 26.0 Å². The highest BCUT2D eigenvalue weighted by molar-refractivity contribution is 6.54. The molecule has 1 rings (SSSR count). The van der Waals surface area contributed by atoms with Crippen LogP contribution in [0.15, 0.2) is 24.3 Å². The summed E-state index contributed by atoms with van der Waals surface area (Å²) in [7, 11) is 2.17. The number of hydrogen-bond acceptors (Lipinski definition) is 3. The quantitative estimate of drug-likeness (QED) is 0.530. The van der Waals surface area contributed by atoms with Gasteiger partial charge in [0, 0.05) is 13.2 Å². The minimum absolute atomic E-state index is 0.122. The molecule has 0 aromatic heterocycles. The Kier molecular flexibility index (Phi) is 6.14. The highest BCUT2D eigenvalue weighted by Crippen LogP contribution is 2.05. The first kappa shape index (κ1) is 13.2. The predicted molar refractivity (Wildman–Crippen MR) is 65.4 cm³/mol. The maximum absolute atomic E-state index is 5.50. The van der Waals surface area contributed by atoms with Gasteiger partial charge in [-0.2, -0.15) is 0 Å². The zero-order valence-corrected chi connectivity index (χ0v) is 11.0. The summed E-state index contributed by atoms with van der Waals surface area (Å²) in [5.41, 5.74) is 0. The molecule has 1 aromatic carbocycles. The molecule has 0 amide bonds. The fourth-order valence-corrected chi connectivity index (χ4v) is 2.39. The maximum atomic E-state index is 5.50. The number of rotatable bonds is 7. The van der Waals surface area contributed by atoms with Crippen LogP contribution in [0.3, 0.4) is 0 Å². The van der Waals surface area contributed by atoms with Gasteiger partial charge >= 0.3 is 0 Å². The molecule has 0 N–H and O–H groups in total. The van der Waals surface area contributed by atoms with Gasteiger partial charge in [0.05, 0.1) is 7.11 Å². The van der Waals surface area contributed by atoms with E-state index in [1.165, 1.54) is 5.19 Å². The van der Waals surface area contributed by atoms with E-state index in [1.807, 2.05) is 38.1 Å². The molecule has 0 aliphatic rings. The number of benzene rings is 1. The molecule has 1 aromatic rings. The molecule has 0 unspecified atom stereocenters. The molecule has 0 fully saturated rings. The second kappa shape index (κ2) is 7.43. The van der Waals surface area contributed by atoms with E-state index >= 15 is 0 Å². The molecule has 3 nitrogen and oxygen atoms in total. The van der Waals surface area contributed by atoms with Crippen molar-refractivity contribution in [3.8, 4) is 5.75 Å². The largest absolute Gasteiger partial charge is 0.497 e. The van der Waals surface area contributed by atoms with Crippen molar-refractivity contribution in [3.05, 3.63) is 24.3 Å². The standard InChI is InChI=1S/C12H18O3Si/c1-4-14-12(15-5-2)16-11-8-6-10(13-3)7-9-11/h6-9,12H,4-5H2,1-3H3. The molecule has 16 heavy (non-hydrogen) atoms. The summed E-state index contributed by atoms with van der Waals surface area (Å²) in [4.78, 5) is 0. The van der Waals surface area contributed by atoms with Crippen LogP contribution in [-0.2, 0) is 9.47 Å². The first-order chi connectivity index (χ1) is 7.80. The Labute approximate surface area is 99.5 Å². The van der Waals surface area contributed by atoms with E-state index in [0.717, 1.165) is 5.75 Å². The van der Waals surface area contributed by atoms with Gasteiger partial charge in [-0.3, -0.25) is 0 Å². The molecule has 0 aliphatic carbocycles. The van der Waals surface area contributed by atoms with Crippen molar-refractivity contribution in [3.63, 3.8) is 0 Å². The van der Waals surface area contributed by atoms with E-state index in [1.54, 1.807) is 7.11 Å². The lowest BCUT2D eigenvalue weighted by Crippen LogP contribution is -2.32. The molecular formula is C12H18O3Si. The van der Waals surface area contributed by atoms with Crippen LogP contribution in [0.5, 0.6) is 5.75 Å². The maximum Gasteiger partial charge on any atom is 0.157 e. The Morgan fingerprint density at radius 3 is 2.06 bits per heavy atom. The fourth-order valence-electron chi connectivity index (χ4n) is 1.26. The van der Waals surface area contributed by atoms with Gasteiger partial charge in [0.15, 0.2) is 9.52 Å². The smallest absolute Gasteiger partial charge is 0.157 e. The highest BCUT2D eigenvalue weighted by atomic mass is 28.2. The molecule has 0 heterocycles. The third kappa shape index (κ3) is 4.34. The molecule has 0 saturated carbocycles. The van der Waals surface area contributed by atoms with Crippen LogP contribution in [0.2, 0.25) is 0 Å². The van der Waals surface area contributed by atoms with Crippen molar-refractivity contribution < 1.29 is 14.2 Å². The zero-order chi connectivity index (χ0) is 11.8. The van der Waals surface area contributed by atoms with Crippen molar-refractivity contribution in [1.82, 2.24) is 0 Å². The molecule has 2 radical (unpaired) electrons. The summed E-state index contributed by atoms with van der Waals surface area (Å²) >= 11 is 0. The zero-order valence-electron chi connectivity index (χ0n) is 10.0. The monoisotopic (exact) mass is 238 g/mol. The minimum atomic E-state index is -0.122. The average molecular weight is 238 g/mol. The summed E-state index contributed by atoms with van der Waals surface area (Å²) in [5.74, 6) is 0.751. The van der Waals surface area contributed by atoms with Crippen molar-refractivity contribution in [2.75, 3.05) is 20.3 Å². The van der Waals surface area contributed by atoms with E-state index in [0.29, 0.717) is 22.7 Å². The van der Waals surface area contributed by atoms with Crippen LogP contribution in [0.25, 0.3) is 0 Å². The van der Waals surface area contributed by atoms with Crippen LogP contribution in [0, 0.1) is 0 Å². The van der Waals surface area contributed by atoms with E-state index in [2.05, 4.69) is 0 Å². The lowest BCUT2D eigenvalue weighted by Gasteiger charge is -2.16. The van der Waals surface area contributed by atoms with Gasteiger partial charge in [0.1, 0.15) is 11.7 Å². The van der Waals surface area contributed by atoms with Crippen LogP contribution < -0.4 is 9.92 Å². The molecule has 0 spiro atoms. The van der Waals surface area contributed by atoms with Crippen LogP contribution >= 0.6 is 0 Å². The Morgan fingerprint density at radius 2 is 1.62 bits per heavy atom. The Hall–Kier alpha value is -0.843. The lowest BCUT2D eigenvalue weighted by atomic mass is 10.3. The van der Waals surface area contributed by atoms with Gasteiger partial charge < -0.3 is 14.2 Å². The first-order valence-electron chi connectivity index (χ1n) is 5.44. The van der Waals surface area contributed by atoms with Gasteiger partial charge in [0.2, 0.25) is 0 Å².